The van der Waals surface area contributed by atoms with Crippen LogP contribution in [0.15, 0.2) is 30.3 Å². The minimum Gasteiger partial charge on any atom is -0.479 e. The van der Waals surface area contributed by atoms with Crippen LogP contribution in [0.1, 0.15) is 5.56 Å². The molecule has 1 aromatic rings. The average Bonchev–Trinajstić information content (AvgIpc) is 2.45. The maximum atomic E-state index is 10.9. The zero-order valence-electron chi connectivity index (χ0n) is 10.5. The SMILES string of the molecule is O=C(O)[C@H]1O[C@H](OCc2ccccc2)[C@H](O)[C@@H](O)[C@@H]1O. The van der Waals surface area contributed by atoms with E-state index in [4.69, 9.17) is 14.6 Å². The molecule has 4 N–H and O–H groups in total. The monoisotopic (exact) mass is 284 g/mol. The Hall–Kier alpha value is -1.51. The molecule has 1 fully saturated rings. The van der Waals surface area contributed by atoms with Crippen LogP contribution in [0.2, 0.25) is 0 Å². The number of aliphatic hydroxyl groups is 3. The smallest absolute Gasteiger partial charge is 0.335 e. The van der Waals surface area contributed by atoms with Gasteiger partial charge in [0.05, 0.1) is 6.61 Å². The number of carboxylic acids is 1. The number of hydrogen-bond acceptors (Lipinski definition) is 6. The van der Waals surface area contributed by atoms with Crippen LogP contribution in [0, 0.1) is 0 Å². The van der Waals surface area contributed by atoms with E-state index >= 15 is 0 Å². The first-order valence-corrected chi connectivity index (χ1v) is 6.08. The summed E-state index contributed by atoms with van der Waals surface area (Å²) >= 11 is 0. The second-order valence-electron chi connectivity index (χ2n) is 4.53. The Bertz CT molecular complexity index is 449. The van der Waals surface area contributed by atoms with E-state index in [1.54, 1.807) is 24.3 Å². The van der Waals surface area contributed by atoms with Crippen molar-refractivity contribution in [2.45, 2.75) is 37.3 Å². The van der Waals surface area contributed by atoms with Gasteiger partial charge in [-0.3, -0.25) is 0 Å². The summed E-state index contributed by atoms with van der Waals surface area (Å²) in [7, 11) is 0. The van der Waals surface area contributed by atoms with Gasteiger partial charge in [0.15, 0.2) is 12.4 Å². The van der Waals surface area contributed by atoms with E-state index in [0.29, 0.717) is 0 Å². The molecule has 0 saturated carbocycles. The highest BCUT2D eigenvalue weighted by atomic mass is 16.7. The molecule has 7 heteroatoms. The summed E-state index contributed by atoms with van der Waals surface area (Å²) in [5, 5.41) is 37.7. The van der Waals surface area contributed by atoms with Gasteiger partial charge in [0, 0.05) is 0 Å². The van der Waals surface area contributed by atoms with Gasteiger partial charge in [-0.25, -0.2) is 4.79 Å². The van der Waals surface area contributed by atoms with E-state index < -0.39 is 36.7 Å². The summed E-state index contributed by atoms with van der Waals surface area (Å²) in [5.74, 6) is -1.43. The van der Waals surface area contributed by atoms with E-state index in [0.717, 1.165) is 5.56 Å². The van der Waals surface area contributed by atoms with Crippen LogP contribution < -0.4 is 0 Å². The second kappa shape index (κ2) is 6.29. The van der Waals surface area contributed by atoms with Crippen LogP contribution >= 0.6 is 0 Å². The van der Waals surface area contributed by atoms with Crippen LogP contribution in [0.4, 0.5) is 0 Å². The minimum atomic E-state index is -1.71. The summed E-state index contributed by atoms with van der Waals surface area (Å²) in [6.45, 7) is 0.0811. The molecule has 0 radical (unpaired) electrons. The molecule has 110 valence electrons. The first-order valence-electron chi connectivity index (χ1n) is 6.08. The fourth-order valence-electron chi connectivity index (χ4n) is 1.94. The zero-order chi connectivity index (χ0) is 14.7. The molecule has 1 aliphatic heterocycles. The van der Waals surface area contributed by atoms with Gasteiger partial charge in [0.2, 0.25) is 0 Å². The maximum Gasteiger partial charge on any atom is 0.335 e. The third-order valence-corrected chi connectivity index (χ3v) is 3.07. The lowest BCUT2D eigenvalue weighted by molar-refractivity contribution is -0.297. The lowest BCUT2D eigenvalue weighted by atomic mass is 9.99. The largest absolute Gasteiger partial charge is 0.479 e. The van der Waals surface area contributed by atoms with Crippen LogP contribution in [0.5, 0.6) is 0 Å². The van der Waals surface area contributed by atoms with Gasteiger partial charge in [0.25, 0.3) is 0 Å². The normalized spacial score (nSPS) is 33.9. The van der Waals surface area contributed by atoms with Gasteiger partial charge in [-0.1, -0.05) is 30.3 Å². The van der Waals surface area contributed by atoms with Crippen molar-refractivity contribution >= 4 is 5.97 Å². The Labute approximate surface area is 115 Å². The topological polar surface area (TPSA) is 116 Å². The van der Waals surface area contributed by atoms with E-state index in [2.05, 4.69) is 0 Å². The third-order valence-electron chi connectivity index (χ3n) is 3.07. The van der Waals surface area contributed by atoms with E-state index in [1.165, 1.54) is 0 Å². The summed E-state index contributed by atoms with van der Waals surface area (Å²) in [6.07, 6.45) is -7.85. The Morgan fingerprint density at radius 1 is 1.10 bits per heavy atom. The van der Waals surface area contributed by atoms with Crippen molar-refractivity contribution in [3.05, 3.63) is 35.9 Å². The van der Waals surface area contributed by atoms with Gasteiger partial charge in [-0.05, 0) is 5.56 Å². The number of aliphatic hydroxyl groups excluding tert-OH is 3. The van der Waals surface area contributed by atoms with Gasteiger partial charge >= 0.3 is 5.97 Å². The molecule has 1 aliphatic rings. The molecular weight excluding hydrogens is 268 g/mol. The molecule has 0 bridgehead atoms. The number of hydrogen-bond donors (Lipinski definition) is 4. The number of carbonyl (C=O) groups is 1. The zero-order valence-corrected chi connectivity index (χ0v) is 10.5. The minimum absolute atomic E-state index is 0.0811. The average molecular weight is 284 g/mol. The van der Waals surface area contributed by atoms with Crippen LogP contribution in [0.3, 0.4) is 0 Å². The van der Waals surface area contributed by atoms with Crippen molar-refractivity contribution in [1.29, 1.82) is 0 Å². The molecule has 1 saturated heterocycles. The van der Waals surface area contributed by atoms with Crippen molar-refractivity contribution < 1.29 is 34.7 Å². The highest BCUT2D eigenvalue weighted by Gasteiger charge is 2.47. The van der Waals surface area contributed by atoms with Crippen molar-refractivity contribution in [3.63, 3.8) is 0 Å². The predicted octanol–water partition coefficient (Wildman–Crippen LogP) is -0.905. The van der Waals surface area contributed by atoms with E-state index in [1.807, 2.05) is 6.07 Å². The highest BCUT2D eigenvalue weighted by molar-refractivity contribution is 5.73. The molecule has 0 amide bonds. The standard InChI is InChI=1S/C13H16O7/c14-8-9(15)11(12(17)18)20-13(10(8)16)19-6-7-4-2-1-3-5-7/h1-5,8-11,13-16H,6H2,(H,17,18)/t8-,9-,10+,11-,13-/m0/s1. The summed E-state index contributed by atoms with van der Waals surface area (Å²) in [4.78, 5) is 10.9. The lowest BCUT2D eigenvalue weighted by Gasteiger charge is -2.38. The summed E-state index contributed by atoms with van der Waals surface area (Å²) in [6, 6.07) is 9.01. The molecule has 5 atom stereocenters. The number of ether oxygens (including phenoxy) is 2. The Morgan fingerprint density at radius 3 is 2.35 bits per heavy atom. The molecular formula is C13H16O7. The molecule has 0 aromatic heterocycles. The van der Waals surface area contributed by atoms with Crippen LogP contribution in [0.25, 0.3) is 0 Å². The highest BCUT2D eigenvalue weighted by Crippen LogP contribution is 2.23. The molecule has 20 heavy (non-hydrogen) atoms. The first kappa shape index (κ1) is 14.9. The Balaban J connectivity index is 2.01. The first-order chi connectivity index (χ1) is 9.50. The Morgan fingerprint density at radius 2 is 1.75 bits per heavy atom. The van der Waals surface area contributed by atoms with Crippen molar-refractivity contribution in [2.75, 3.05) is 0 Å². The molecule has 0 unspecified atom stereocenters. The number of aliphatic carboxylic acids is 1. The molecule has 7 nitrogen and oxygen atoms in total. The summed E-state index contributed by atoms with van der Waals surface area (Å²) < 4.78 is 10.3. The number of benzene rings is 1. The third kappa shape index (κ3) is 3.14. The fraction of sp³-hybridized carbons (Fsp3) is 0.462. The van der Waals surface area contributed by atoms with Crippen LogP contribution in [-0.4, -0.2) is 57.1 Å². The lowest BCUT2D eigenvalue weighted by Crippen LogP contribution is -2.60. The van der Waals surface area contributed by atoms with Gasteiger partial charge in [0.1, 0.15) is 18.3 Å². The van der Waals surface area contributed by atoms with Crippen molar-refractivity contribution in [1.82, 2.24) is 0 Å². The van der Waals surface area contributed by atoms with E-state index in [-0.39, 0.29) is 6.61 Å². The van der Waals surface area contributed by atoms with Gasteiger partial charge in [-0.2, -0.15) is 0 Å². The van der Waals surface area contributed by atoms with Crippen molar-refractivity contribution in [3.8, 4) is 0 Å². The van der Waals surface area contributed by atoms with Crippen LogP contribution in [-0.2, 0) is 20.9 Å². The number of rotatable bonds is 4. The molecule has 1 aromatic carbocycles. The van der Waals surface area contributed by atoms with Gasteiger partial charge in [-0.15, -0.1) is 0 Å². The van der Waals surface area contributed by atoms with Gasteiger partial charge < -0.3 is 29.9 Å². The number of carboxylic acid groups (broad SMARTS) is 1. The fourth-order valence-corrected chi connectivity index (χ4v) is 1.94. The van der Waals surface area contributed by atoms with Crippen molar-refractivity contribution in [2.24, 2.45) is 0 Å². The molecule has 0 spiro atoms. The predicted molar refractivity (Wildman–Crippen MR) is 65.5 cm³/mol. The van der Waals surface area contributed by atoms with E-state index in [9.17, 15) is 20.1 Å². The molecule has 0 aliphatic carbocycles. The molecule has 1 heterocycles. The molecule has 2 rings (SSSR count). The quantitative estimate of drug-likeness (QED) is 0.566. The second-order valence-corrected chi connectivity index (χ2v) is 4.53. The Kier molecular flexibility index (Phi) is 4.69. The summed E-state index contributed by atoms with van der Waals surface area (Å²) in [5.41, 5.74) is 0.802. The maximum absolute atomic E-state index is 10.9.